The van der Waals surface area contributed by atoms with E-state index in [4.69, 9.17) is 4.74 Å². The third-order valence-electron chi connectivity index (χ3n) is 4.24. The summed E-state index contributed by atoms with van der Waals surface area (Å²) in [6, 6.07) is 14.4. The molecular weight excluding hydrogens is 388 g/mol. The summed E-state index contributed by atoms with van der Waals surface area (Å²) >= 11 is 0. The molecule has 0 radical (unpaired) electrons. The number of amides is 1. The summed E-state index contributed by atoms with van der Waals surface area (Å²) in [5.41, 5.74) is 0.819. The highest BCUT2D eigenvalue weighted by Gasteiger charge is 2.26. The summed E-state index contributed by atoms with van der Waals surface area (Å²) in [4.78, 5) is 12.6. The van der Waals surface area contributed by atoms with Crippen molar-refractivity contribution in [3.63, 3.8) is 0 Å². The number of hydrogen-bond acceptors (Lipinski definition) is 4. The molecule has 2 aromatic rings. The minimum absolute atomic E-state index is 0.0560. The van der Waals surface area contributed by atoms with E-state index in [-0.39, 0.29) is 28.2 Å². The van der Waals surface area contributed by atoms with Gasteiger partial charge in [0.15, 0.2) is 0 Å². The van der Waals surface area contributed by atoms with Crippen LogP contribution in [0.4, 0.5) is 0 Å². The summed E-state index contributed by atoms with van der Waals surface area (Å²) in [5, 5.41) is 2.94. The van der Waals surface area contributed by atoms with Crippen molar-refractivity contribution in [1.82, 2.24) is 10.0 Å². The lowest BCUT2D eigenvalue weighted by Crippen LogP contribution is -2.40. The monoisotopic (exact) mass is 418 g/mol. The fourth-order valence-electron chi connectivity index (χ4n) is 2.89. The molecule has 0 fully saturated rings. The van der Waals surface area contributed by atoms with Crippen molar-refractivity contribution in [2.24, 2.45) is 0 Å². The highest BCUT2D eigenvalue weighted by atomic mass is 32.2. The van der Waals surface area contributed by atoms with E-state index < -0.39 is 15.6 Å². The van der Waals surface area contributed by atoms with Crippen molar-refractivity contribution < 1.29 is 17.9 Å². The van der Waals surface area contributed by atoms with Gasteiger partial charge in [-0.1, -0.05) is 30.3 Å². The first kappa shape index (κ1) is 22.9. The molecule has 2 N–H and O–H groups in total. The molecule has 6 nitrogen and oxygen atoms in total. The van der Waals surface area contributed by atoms with Gasteiger partial charge >= 0.3 is 0 Å². The molecule has 0 aliphatic heterocycles. The van der Waals surface area contributed by atoms with Crippen molar-refractivity contribution in [2.45, 2.75) is 57.0 Å². The molecule has 0 heterocycles. The molecule has 0 saturated heterocycles. The Kier molecular flexibility index (Phi) is 7.43. The van der Waals surface area contributed by atoms with E-state index in [1.807, 2.05) is 25.1 Å². The number of benzene rings is 2. The Labute approximate surface area is 173 Å². The molecule has 0 aliphatic carbocycles. The Bertz CT molecular complexity index is 935. The van der Waals surface area contributed by atoms with Crippen LogP contribution in [-0.4, -0.2) is 33.0 Å². The van der Waals surface area contributed by atoms with Gasteiger partial charge in [0, 0.05) is 17.1 Å². The molecule has 2 aromatic carbocycles. The summed E-state index contributed by atoms with van der Waals surface area (Å²) in [7, 11) is -2.45. The second-order valence-corrected chi connectivity index (χ2v) is 9.77. The topological polar surface area (TPSA) is 84.5 Å². The zero-order chi connectivity index (χ0) is 21.7. The number of ether oxygens (including phenoxy) is 1. The third kappa shape index (κ3) is 6.87. The maximum absolute atomic E-state index is 12.8. The quantitative estimate of drug-likeness (QED) is 0.687. The van der Waals surface area contributed by atoms with Gasteiger partial charge in [0.25, 0.3) is 5.91 Å². The Morgan fingerprint density at radius 2 is 1.76 bits per heavy atom. The number of carbonyl (C=O) groups excluding carboxylic acids is 1. The lowest BCUT2D eigenvalue weighted by atomic mass is 10.1. The zero-order valence-corrected chi connectivity index (χ0v) is 18.5. The summed E-state index contributed by atoms with van der Waals surface area (Å²) in [6.07, 6.45) is 1.63. The number of carbonyl (C=O) groups is 1. The van der Waals surface area contributed by atoms with Gasteiger partial charge < -0.3 is 10.1 Å². The predicted octanol–water partition coefficient (Wildman–Crippen LogP) is 3.52. The highest BCUT2D eigenvalue weighted by molar-refractivity contribution is 7.89. The number of sulfonamides is 1. The molecule has 2 rings (SSSR count). The van der Waals surface area contributed by atoms with E-state index >= 15 is 0 Å². The first-order chi connectivity index (χ1) is 13.5. The predicted molar refractivity (Wildman–Crippen MR) is 115 cm³/mol. The average molecular weight is 419 g/mol. The fourth-order valence-corrected chi connectivity index (χ4v) is 4.51. The van der Waals surface area contributed by atoms with Crippen LogP contribution in [0.3, 0.4) is 0 Å². The number of methoxy groups -OCH3 is 1. The largest absolute Gasteiger partial charge is 0.495 e. The van der Waals surface area contributed by atoms with Crippen LogP contribution in [-0.2, 0) is 16.4 Å². The van der Waals surface area contributed by atoms with Crippen LogP contribution in [0.1, 0.15) is 50.0 Å². The van der Waals surface area contributed by atoms with Crippen molar-refractivity contribution in [3.8, 4) is 5.75 Å². The minimum atomic E-state index is -3.85. The van der Waals surface area contributed by atoms with Crippen LogP contribution in [0.15, 0.2) is 53.4 Å². The van der Waals surface area contributed by atoms with Crippen molar-refractivity contribution in [2.75, 3.05) is 7.11 Å². The molecule has 0 aliphatic rings. The van der Waals surface area contributed by atoms with E-state index in [2.05, 4.69) is 22.2 Å². The molecule has 1 unspecified atom stereocenters. The van der Waals surface area contributed by atoms with Gasteiger partial charge in [-0.05, 0) is 64.3 Å². The first-order valence-electron chi connectivity index (χ1n) is 9.58. The van der Waals surface area contributed by atoms with Gasteiger partial charge in [-0.3, -0.25) is 4.79 Å². The molecular formula is C22H30N2O4S. The van der Waals surface area contributed by atoms with Crippen molar-refractivity contribution in [3.05, 3.63) is 59.7 Å². The maximum atomic E-state index is 12.8. The van der Waals surface area contributed by atoms with Crippen LogP contribution in [0, 0.1) is 0 Å². The Morgan fingerprint density at radius 1 is 1.10 bits per heavy atom. The molecule has 1 atom stereocenters. The van der Waals surface area contributed by atoms with Crippen LogP contribution < -0.4 is 14.8 Å². The number of aryl methyl sites for hydroxylation is 1. The van der Waals surface area contributed by atoms with E-state index in [0.717, 1.165) is 12.8 Å². The zero-order valence-electron chi connectivity index (χ0n) is 17.7. The standard InChI is InChI=1S/C22H30N2O4S/c1-16(11-12-17-9-7-6-8-10-17)23-21(25)18-13-14-19(28-5)20(15-18)29(26,27)24-22(2,3)4/h6-10,13-16,24H,11-12H2,1-5H3,(H,23,25). The second kappa shape index (κ2) is 9.41. The highest BCUT2D eigenvalue weighted by Crippen LogP contribution is 2.26. The Hall–Kier alpha value is -2.38. The molecule has 29 heavy (non-hydrogen) atoms. The van der Waals surface area contributed by atoms with E-state index in [0.29, 0.717) is 0 Å². The van der Waals surface area contributed by atoms with E-state index in [1.54, 1.807) is 26.8 Å². The van der Waals surface area contributed by atoms with Crippen molar-refractivity contribution >= 4 is 15.9 Å². The molecule has 158 valence electrons. The summed E-state index contributed by atoms with van der Waals surface area (Å²) < 4.78 is 33.3. The first-order valence-corrected chi connectivity index (χ1v) is 11.1. The van der Waals surface area contributed by atoms with E-state index in [1.165, 1.54) is 24.8 Å². The SMILES string of the molecule is COc1ccc(C(=O)NC(C)CCc2ccccc2)cc1S(=O)(=O)NC(C)(C)C. The molecule has 0 bridgehead atoms. The molecule has 1 amide bonds. The second-order valence-electron chi connectivity index (χ2n) is 8.12. The van der Waals surface area contributed by atoms with Gasteiger partial charge in [0.1, 0.15) is 10.6 Å². The number of hydrogen-bond donors (Lipinski definition) is 2. The smallest absolute Gasteiger partial charge is 0.251 e. The van der Waals surface area contributed by atoms with Gasteiger partial charge in [-0.25, -0.2) is 13.1 Å². The molecule has 7 heteroatoms. The van der Waals surface area contributed by atoms with Crippen LogP contribution in [0.2, 0.25) is 0 Å². The molecule has 0 saturated carbocycles. The Balaban J connectivity index is 2.14. The lowest BCUT2D eigenvalue weighted by molar-refractivity contribution is 0.0938. The van der Waals surface area contributed by atoms with Crippen LogP contribution >= 0.6 is 0 Å². The van der Waals surface area contributed by atoms with Gasteiger partial charge in [0.2, 0.25) is 10.0 Å². The summed E-state index contributed by atoms with van der Waals surface area (Å²) in [6.45, 7) is 7.19. The minimum Gasteiger partial charge on any atom is -0.495 e. The number of rotatable bonds is 8. The van der Waals surface area contributed by atoms with Gasteiger partial charge in [0.05, 0.1) is 7.11 Å². The summed E-state index contributed by atoms with van der Waals surface area (Å²) in [5.74, 6) is -0.129. The molecule has 0 aromatic heterocycles. The Morgan fingerprint density at radius 3 is 2.34 bits per heavy atom. The van der Waals surface area contributed by atoms with Crippen LogP contribution in [0.25, 0.3) is 0 Å². The number of nitrogens with one attached hydrogen (secondary N) is 2. The van der Waals surface area contributed by atoms with Crippen molar-refractivity contribution in [1.29, 1.82) is 0 Å². The molecule has 0 spiro atoms. The average Bonchev–Trinajstić information content (AvgIpc) is 2.64. The lowest BCUT2D eigenvalue weighted by Gasteiger charge is -2.21. The van der Waals surface area contributed by atoms with Gasteiger partial charge in [-0.2, -0.15) is 0 Å². The third-order valence-corrected chi connectivity index (χ3v) is 6.02. The van der Waals surface area contributed by atoms with E-state index in [9.17, 15) is 13.2 Å². The fraction of sp³-hybridized carbons (Fsp3) is 0.409. The van der Waals surface area contributed by atoms with Gasteiger partial charge in [-0.15, -0.1) is 0 Å². The maximum Gasteiger partial charge on any atom is 0.251 e. The normalized spacial score (nSPS) is 13.0. The van der Waals surface area contributed by atoms with Crippen LogP contribution in [0.5, 0.6) is 5.75 Å².